The summed E-state index contributed by atoms with van der Waals surface area (Å²) in [5.74, 6) is -2.59. The Morgan fingerprint density at radius 3 is 2.32 bits per heavy atom. The number of halogens is 2. The molecule has 106 valence electrons. The Balaban J connectivity index is 2.60. The number of rotatable bonds is 7. The quantitative estimate of drug-likeness (QED) is 0.772. The molecule has 1 aromatic rings. The summed E-state index contributed by atoms with van der Waals surface area (Å²) in [6.07, 6.45) is -0.719. The molecule has 0 aliphatic rings. The van der Waals surface area contributed by atoms with Gasteiger partial charge in [0.25, 0.3) is 0 Å². The molecule has 0 aliphatic heterocycles. The predicted molar refractivity (Wildman–Crippen MR) is 64.3 cm³/mol. The highest BCUT2D eigenvalue weighted by molar-refractivity contribution is 5.75. The Bertz CT molecular complexity index is 412. The smallest absolute Gasteiger partial charge is 0.190 e. The predicted octanol–water partition coefficient (Wildman–Crippen LogP) is 1.94. The standard InChI is InChI=1S/C13H16F2O4/c1-8(2)18-6-10(17)7-19-13-11(14)3-9(5-16)4-12(13)15/h3-5,8,10,17H,6-7H2,1-2H3. The fourth-order valence-corrected chi connectivity index (χ4v) is 1.32. The van der Waals surface area contributed by atoms with Gasteiger partial charge in [-0.3, -0.25) is 4.79 Å². The molecule has 1 atom stereocenters. The number of aliphatic hydroxyl groups excluding tert-OH is 1. The van der Waals surface area contributed by atoms with Gasteiger partial charge in [0.1, 0.15) is 19.0 Å². The van der Waals surface area contributed by atoms with E-state index < -0.39 is 23.5 Å². The van der Waals surface area contributed by atoms with Gasteiger partial charge in [-0.1, -0.05) is 0 Å². The third kappa shape index (κ3) is 4.92. The summed E-state index contributed by atoms with van der Waals surface area (Å²) in [5, 5.41) is 9.49. The largest absolute Gasteiger partial charge is 0.485 e. The number of hydrogen-bond acceptors (Lipinski definition) is 4. The number of aldehydes is 1. The Labute approximate surface area is 109 Å². The maximum Gasteiger partial charge on any atom is 0.190 e. The van der Waals surface area contributed by atoms with Crippen LogP contribution >= 0.6 is 0 Å². The van der Waals surface area contributed by atoms with Crippen LogP contribution in [0.1, 0.15) is 24.2 Å². The van der Waals surface area contributed by atoms with Crippen LogP contribution in [0.25, 0.3) is 0 Å². The average molecular weight is 274 g/mol. The second-order valence-electron chi connectivity index (χ2n) is 4.28. The number of hydrogen-bond donors (Lipinski definition) is 1. The first-order chi connectivity index (χ1) is 8.93. The van der Waals surface area contributed by atoms with E-state index >= 15 is 0 Å². The van der Waals surface area contributed by atoms with E-state index in [4.69, 9.17) is 9.47 Å². The number of carbonyl (C=O) groups excluding carboxylic acids is 1. The zero-order valence-electron chi connectivity index (χ0n) is 10.7. The van der Waals surface area contributed by atoms with E-state index in [2.05, 4.69) is 0 Å². The Hall–Kier alpha value is -1.53. The number of benzene rings is 1. The molecule has 0 radical (unpaired) electrons. The summed E-state index contributed by atoms with van der Waals surface area (Å²) in [4.78, 5) is 10.4. The highest BCUT2D eigenvalue weighted by Gasteiger charge is 2.15. The van der Waals surface area contributed by atoms with Crippen LogP contribution < -0.4 is 4.74 Å². The highest BCUT2D eigenvalue weighted by atomic mass is 19.1. The van der Waals surface area contributed by atoms with Gasteiger partial charge in [-0.25, -0.2) is 8.78 Å². The van der Waals surface area contributed by atoms with E-state index in [9.17, 15) is 18.7 Å². The molecule has 19 heavy (non-hydrogen) atoms. The Kier molecular flexibility index (Phi) is 5.85. The summed E-state index contributed by atoms with van der Waals surface area (Å²) in [5.41, 5.74) is -0.119. The fraction of sp³-hybridized carbons (Fsp3) is 0.462. The second kappa shape index (κ2) is 7.16. The van der Waals surface area contributed by atoms with Crippen molar-refractivity contribution >= 4 is 6.29 Å². The maximum absolute atomic E-state index is 13.4. The van der Waals surface area contributed by atoms with Crippen LogP contribution in [-0.2, 0) is 4.74 Å². The molecule has 0 fully saturated rings. The second-order valence-corrected chi connectivity index (χ2v) is 4.28. The summed E-state index contributed by atoms with van der Waals surface area (Å²) in [7, 11) is 0. The van der Waals surface area contributed by atoms with Crippen molar-refractivity contribution in [3.05, 3.63) is 29.3 Å². The van der Waals surface area contributed by atoms with E-state index in [1.54, 1.807) is 13.8 Å². The molecule has 0 amide bonds. The topological polar surface area (TPSA) is 55.8 Å². The van der Waals surface area contributed by atoms with Gasteiger partial charge in [-0.2, -0.15) is 0 Å². The monoisotopic (exact) mass is 274 g/mol. The van der Waals surface area contributed by atoms with Crippen molar-refractivity contribution in [3.8, 4) is 5.75 Å². The summed E-state index contributed by atoms with van der Waals surface area (Å²) < 4.78 is 36.8. The van der Waals surface area contributed by atoms with Crippen LogP contribution in [0.4, 0.5) is 8.78 Å². The van der Waals surface area contributed by atoms with Gasteiger partial charge in [0.05, 0.1) is 12.7 Å². The minimum Gasteiger partial charge on any atom is -0.485 e. The number of ether oxygens (including phenoxy) is 2. The van der Waals surface area contributed by atoms with Crippen molar-refractivity contribution < 1.29 is 28.2 Å². The van der Waals surface area contributed by atoms with Crippen LogP contribution in [0.2, 0.25) is 0 Å². The molecule has 0 bridgehead atoms. The molecule has 0 aliphatic carbocycles. The molecule has 0 saturated carbocycles. The first-order valence-corrected chi connectivity index (χ1v) is 5.80. The van der Waals surface area contributed by atoms with Gasteiger partial charge in [-0.15, -0.1) is 0 Å². The van der Waals surface area contributed by atoms with Crippen molar-refractivity contribution in [1.29, 1.82) is 0 Å². The molecule has 1 unspecified atom stereocenters. The molecule has 1 rings (SSSR count). The minimum absolute atomic E-state index is 0.00727. The normalized spacial score (nSPS) is 12.5. The van der Waals surface area contributed by atoms with Crippen molar-refractivity contribution in [1.82, 2.24) is 0 Å². The number of carbonyl (C=O) groups is 1. The third-order valence-corrected chi connectivity index (χ3v) is 2.20. The van der Waals surface area contributed by atoms with Crippen LogP contribution in [0.3, 0.4) is 0 Å². The molecule has 0 spiro atoms. The third-order valence-electron chi connectivity index (χ3n) is 2.20. The van der Waals surface area contributed by atoms with Gasteiger partial charge in [-0.05, 0) is 26.0 Å². The van der Waals surface area contributed by atoms with E-state index in [0.717, 1.165) is 12.1 Å². The molecule has 0 saturated heterocycles. The lowest BCUT2D eigenvalue weighted by Gasteiger charge is -2.15. The van der Waals surface area contributed by atoms with E-state index in [1.807, 2.05) is 0 Å². The van der Waals surface area contributed by atoms with Gasteiger partial charge in [0.15, 0.2) is 17.4 Å². The first kappa shape index (κ1) is 15.5. The highest BCUT2D eigenvalue weighted by Crippen LogP contribution is 2.22. The molecule has 0 heterocycles. The molecule has 1 aromatic carbocycles. The lowest BCUT2D eigenvalue weighted by atomic mass is 10.2. The molecule has 4 nitrogen and oxygen atoms in total. The average Bonchev–Trinajstić information content (AvgIpc) is 2.34. The van der Waals surface area contributed by atoms with Crippen molar-refractivity contribution in [3.63, 3.8) is 0 Å². The van der Waals surface area contributed by atoms with E-state index in [1.165, 1.54) is 0 Å². The lowest BCUT2D eigenvalue weighted by molar-refractivity contribution is -0.0133. The molecule has 1 N–H and O–H groups in total. The zero-order chi connectivity index (χ0) is 14.4. The molecule has 6 heteroatoms. The summed E-state index contributed by atoms with van der Waals surface area (Å²) >= 11 is 0. The van der Waals surface area contributed by atoms with E-state index in [0.29, 0.717) is 6.29 Å². The minimum atomic E-state index is -0.994. The van der Waals surface area contributed by atoms with Gasteiger partial charge < -0.3 is 14.6 Å². The van der Waals surface area contributed by atoms with Crippen LogP contribution in [0.15, 0.2) is 12.1 Å². The summed E-state index contributed by atoms with van der Waals surface area (Å²) in [6.45, 7) is 3.30. The Morgan fingerprint density at radius 1 is 1.26 bits per heavy atom. The molecular formula is C13H16F2O4. The maximum atomic E-state index is 13.4. The molecule has 0 aromatic heterocycles. The molecular weight excluding hydrogens is 258 g/mol. The fourth-order valence-electron chi connectivity index (χ4n) is 1.32. The van der Waals surface area contributed by atoms with Crippen LogP contribution in [-0.4, -0.2) is 36.8 Å². The number of aliphatic hydroxyl groups is 1. The van der Waals surface area contributed by atoms with Gasteiger partial charge in [0.2, 0.25) is 0 Å². The van der Waals surface area contributed by atoms with Crippen molar-refractivity contribution in [2.45, 2.75) is 26.1 Å². The summed E-state index contributed by atoms with van der Waals surface area (Å²) in [6, 6.07) is 1.73. The van der Waals surface area contributed by atoms with Gasteiger partial charge >= 0.3 is 0 Å². The first-order valence-electron chi connectivity index (χ1n) is 5.80. The Morgan fingerprint density at radius 2 is 1.84 bits per heavy atom. The van der Waals surface area contributed by atoms with Gasteiger partial charge in [0, 0.05) is 5.56 Å². The lowest BCUT2D eigenvalue weighted by Crippen LogP contribution is -2.25. The zero-order valence-corrected chi connectivity index (χ0v) is 10.7. The van der Waals surface area contributed by atoms with Crippen molar-refractivity contribution in [2.75, 3.05) is 13.2 Å². The van der Waals surface area contributed by atoms with Crippen LogP contribution in [0, 0.1) is 11.6 Å². The van der Waals surface area contributed by atoms with Crippen molar-refractivity contribution in [2.24, 2.45) is 0 Å². The van der Waals surface area contributed by atoms with Crippen LogP contribution in [0.5, 0.6) is 5.75 Å². The SMILES string of the molecule is CC(C)OCC(O)COc1c(F)cc(C=O)cc1F. The van der Waals surface area contributed by atoms with E-state index in [-0.39, 0.29) is 24.9 Å².